The molecule has 1 aromatic carbocycles. The molecule has 2 heterocycles. The van der Waals surface area contributed by atoms with Crippen molar-refractivity contribution in [3.63, 3.8) is 0 Å². The first-order chi connectivity index (χ1) is 12.4. The van der Waals surface area contributed by atoms with Crippen molar-refractivity contribution >= 4 is 0 Å². The number of rotatable bonds is 6. The molecule has 0 aliphatic rings. The number of hydrogen-bond acceptors (Lipinski definition) is 4. The molecular weight excluding hydrogens is 326 g/mol. The van der Waals surface area contributed by atoms with E-state index in [0.717, 1.165) is 17.0 Å². The number of aliphatic hydroxyl groups is 1. The molecule has 136 valence electrons. The van der Waals surface area contributed by atoms with Gasteiger partial charge in [-0.15, -0.1) is 0 Å². The van der Waals surface area contributed by atoms with Gasteiger partial charge < -0.3 is 9.84 Å². The Morgan fingerprint density at radius 1 is 1.08 bits per heavy atom. The lowest BCUT2D eigenvalue weighted by atomic mass is 9.87. The van der Waals surface area contributed by atoms with E-state index in [1.165, 1.54) is 5.56 Å². The Labute approximate surface area is 154 Å². The SMILES string of the molecule is CC(C)(C)c1ccc(OCC(O)Cn2nccc2-c2cccnc2)cc1. The molecule has 0 amide bonds. The number of aromatic nitrogens is 3. The first kappa shape index (κ1) is 18.1. The third-order valence-corrected chi connectivity index (χ3v) is 4.22. The third-order valence-electron chi connectivity index (χ3n) is 4.22. The zero-order valence-corrected chi connectivity index (χ0v) is 15.5. The lowest BCUT2D eigenvalue weighted by Gasteiger charge is -2.19. The molecule has 3 rings (SSSR count). The van der Waals surface area contributed by atoms with Crippen LogP contribution in [-0.4, -0.2) is 32.6 Å². The second-order valence-electron chi connectivity index (χ2n) is 7.38. The Balaban J connectivity index is 1.59. The van der Waals surface area contributed by atoms with Gasteiger partial charge in [0.2, 0.25) is 0 Å². The highest BCUT2D eigenvalue weighted by Gasteiger charge is 2.14. The minimum Gasteiger partial charge on any atom is -0.491 e. The van der Waals surface area contributed by atoms with Crippen LogP contribution in [0.4, 0.5) is 0 Å². The van der Waals surface area contributed by atoms with Crippen molar-refractivity contribution in [3.05, 3.63) is 66.6 Å². The lowest BCUT2D eigenvalue weighted by molar-refractivity contribution is 0.0897. The molecule has 0 saturated carbocycles. The predicted octanol–water partition coefficient (Wildman–Crippen LogP) is 3.68. The molecule has 0 radical (unpaired) electrons. The van der Waals surface area contributed by atoms with Crippen molar-refractivity contribution in [2.45, 2.75) is 38.8 Å². The molecule has 0 spiro atoms. The normalized spacial score (nSPS) is 12.8. The summed E-state index contributed by atoms with van der Waals surface area (Å²) in [4.78, 5) is 4.13. The first-order valence-corrected chi connectivity index (χ1v) is 8.77. The maximum atomic E-state index is 10.3. The summed E-state index contributed by atoms with van der Waals surface area (Å²) in [6.07, 6.45) is 4.58. The number of nitrogens with zero attached hydrogens (tertiary/aromatic N) is 3. The number of pyridine rings is 1. The molecule has 0 aliphatic heterocycles. The molecule has 2 aromatic heterocycles. The molecule has 5 heteroatoms. The van der Waals surface area contributed by atoms with Crippen LogP contribution in [0.25, 0.3) is 11.3 Å². The van der Waals surface area contributed by atoms with E-state index in [2.05, 4.69) is 43.0 Å². The zero-order chi connectivity index (χ0) is 18.6. The van der Waals surface area contributed by atoms with E-state index >= 15 is 0 Å². The van der Waals surface area contributed by atoms with Crippen LogP contribution < -0.4 is 4.74 Å². The summed E-state index contributed by atoms with van der Waals surface area (Å²) < 4.78 is 7.50. The molecule has 1 unspecified atom stereocenters. The summed E-state index contributed by atoms with van der Waals surface area (Å²) in [7, 11) is 0. The van der Waals surface area contributed by atoms with Crippen LogP contribution in [-0.2, 0) is 12.0 Å². The third kappa shape index (κ3) is 4.49. The lowest BCUT2D eigenvalue weighted by Crippen LogP contribution is -2.24. The fraction of sp³-hybridized carbons (Fsp3) is 0.333. The van der Waals surface area contributed by atoms with E-state index in [1.54, 1.807) is 23.3 Å². The van der Waals surface area contributed by atoms with E-state index in [1.807, 2.05) is 30.3 Å². The largest absolute Gasteiger partial charge is 0.491 e. The van der Waals surface area contributed by atoms with Gasteiger partial charge in [-0.25, -0.2) is 0 Å². The van der Waals surface area contributed by atoms with Crippen molar-refractivity contribution in [1.82, 2.24) is 14.8 Å². The van der Waals surface area contributed by atoms with Gasteiger partial charge in [0.15, 0.2) is 0 Å². The summed E-state index contributed by atoms with van der Waals surface area (Å²) in [6, 6.07) is 13.8. The number of benzene rings is 1. The van der Waals surface area contributed by atoms with Gasteiger partial charge in [0, 0.05) is 24.2 Å². The second kappa shape index (κ2) is 7.70. The highest BCUT2D eigenvalue weighted by atomic mass is 16.5. The standard InChI is InChI=1S/C21H25N3O2/c1-21(2,3)17-6-8-19(9-7-17)26-15-18(25)14-24-20(10-12-23-24)16-5-4-11-22-13-16/h4-13,18,25H,14-15H2,1-3H3. The van der Waals surface area contributed by atoms with Crippen LogP contribution >= 0.6 is 0 Å². The van der Waals surface area contributed by atoms with Gasteiger partial charge in [0.1, 0.15) is 18.5 Å². The van der Waals surface area contributed by atoms with Crippen molar-refractivity contribution in [1.29, 1.82) is 0 Å². The summed E-state index contributed by atoms with van der Waals surface area (Å²) in [5.74, 6) is 0.755. The van der Waals surface area contributed by atoms with E-state index in [0.29, 0.717) is 6.54 Å². The Hall–Kier alpha value is -2.66. The fourth-order valence-electron chi connectivity index (χ4n) is 2.73. The monoisotopic (exact) mass is 351 g/mol. The fourth-order valence-corrected chi connectivity index (χ4v) is 2.73. The van der Waals surface area contributed by atoms with Gasteiger partial charge in [-0.2, -0.15) is 5.10 Å². The Morgan fingerprint density at radius 3 is 2.50 bits per heavy atom. The van der Waals surface area contributed by atoms with Crippen LogP contribution in [0.2, 0.25) is 0 Å². The van der Waals surface area contributed by atoms with Crippen molar-refractivity contribution in [2.75, 3.05) is 6.61 Å². The molecule has 26 heavy (non-hydrogen) atoms. The summed E-state index contributed by atoms with van der Waals surface area (Å²) in [5.41, 5.74) is 3.26. The van der Waals surface area contributed by atoms with Crippen LogP contribution in [0.1, 0.15) is 26.3 Å². The van der Waals surface area contributed by atoms with E-state index in [-0.39, 0.29) is 12.0 Å². The van der Waals surface area contributed by atoms with Crippen molar-refractivity contribution in [3.8, 4) is 17.0 Å². The molecule has 0 aliphatic carbocycles. The Morgan fingerprint density at radius 2 is 1.85 bits per heavy atom. The summed E-state index contributed by atoms with van der Waals surface area (Å²) in [5, 5.41) is 14.6. The molecule has 1 N–H and O–H groups in total. The smallest absolute Gasteiger partial charge is 0.119 e. The topological polar surface area (TPSA) is 60.2 Å². The maximum Gasteiger partial charge on any atom is 0.119 e. The van der Waals surface area contributed by atoms with E-state index in [4.69, 9.17) is 4.74 Å². The van der Waals surface area contributed by atoms with Crippen molar-refractivity contribution in [2.24, 2.45) is 0 Å². The Bertz CT molecular complexity index is 820. The average molecular weight is 351 g/mol. The maximum absolute atomic E-state index is 10.3. The number of ether oxygens (including phenoxy) is 1. The Kier molecular flexibility index (Phi) is 5.38. The molecule has 1 atom stereocenters. The quantitative estimate of drug-likeness (QED) is 0.736. The highest BCUT2D eigenvalue weighted by molar-refractivity contribution is 5.57. The molecule has 0 fully saturated rings. The van der Waals surface area contributed by atoms with Crippen molar-refractivity contribution < 1.29 is 9.84 Å². The van der Waals surface area contributed by atoms with Gasteiger partial charge in [0.05, 0.1) is 12.2 Å². The second-order valence-corrected chi connectivity index (χ2v) is 7.38. The number of aliphatic hydroxyl groups excluding tert-OH is 1. The van der Waals surface area contributed by atoms with Crippen LogP contribution in [0.3, 0.4) is 0 Å². The van der Waals surface area contributed by atoms with Gasteiger partial charge in [-0.3, -0.25) is 9.67 Å². The van der Waals surface area contributed by atoms with Crippen LogP contribution in [0, 0.1) is 0 Å². The summed E-state index contributed by atoms with van der Waals surface area (Å²) >= 11 is 0. The van der Waals surface area contributed by atoms with Crippen LogP contribution in [0.15, 0.2) is 61.1 Å². The molecule has 0 bridgehead atoms. The average Bonchev–Trinajstić information content (AvgIpc) is 3.08. The van der Waals surface area contributed by atoms with Gasteiger partial charge >= 0.3 is 0 Å². The minimum absolute atomic E-state index is 0.112. The highest BCUT2D eigenvalue weighted by Crippen LogP contribution is 2.24. The number of hydrogen-bond donors (Lipinski definition) is 1. The zero-order valence-electron chi connectivity index (χ0n) is 15.5. The van der Waals surface area contributed by atoms with Gasteiger partial charge in [0.25, 0.3) is 0 Å². The molecule has 0 saturated heterocycles. The van der Waals surface area contributed by atoms with E-state index < -0.39 is 6.10 Å². The summed E-state index contributed by atoms with van der Waals surface area (Å²) in [6.45, 7) is 7.10. The van der Waals surface area contributed by atoms with Crippen LogP contribution in [0.5, 0.6) is 5.75 Å². The first-order valence-electron chi connectivity index (χ1n) is 8.77. The van der Waals surface area contributed by atoms with E-state index in [9.17, 15) is 5.11 Å². The molecular formula is C21H25N3O2. The van der Waals surface area contributed by atoms with Gasteiger partial charge in [-0.05, 0) is 41.3 Å². The van der Waals surface area contributed by atoms with Gasteiger partial charge in [-0.1, -0.05) is 32.9 Å². The molecule has 3 aromatic rings. The predicted molar refractivity (Wildman–Crippen MR) is 102 cm³/mol. The molecule has 5 nitrogen and oxygen atoms in total. The minimum atomic E-state index is -0.660.